The van der Waals surface area contributed by atoms with Gasteiger partial charge in [0.15, 0.2) is 0 Å². The van der Waals surface area contributed by atoms with E-state index in [1.54, 1.807) is 0 Å². The summed E-state index contributed by atoms with van der Waals surface area (Å²) in [4.78, 5) is 0. The van der Waals surface area contributed by atoms with E-state index in [2.05, 4.69) is 26.8 Å². The first-order valence-electron chi connectivity index (χ1n) is 10.5. The van der Waals surface area contributed by atoms with E-state index in [4.69, 9.17) is 0 Å². The zero-order valence-electron chi connectivity index (χ0n) is 16.1. The second-order valence-electron chi connectivity index (χ2n) is 10.1. The van der Waals surface area contributed by atoms with Gasteiger partial charge in [-0.1, -0.05) is 32.4 Å². The lowest BCUT2D eigenvalue weighted by molar-refractivity contribution is -0.108. The Balaban J connectivity index is 1.66. The van der Waals surface area contributed by atoms with Crippen molar-refractivity contribution in [3.05, 3.63) is 11.6 Å². The van der Waals surface area contributed by atoms with Gasteiger partial charge in [-0.15, -0.1) is 0 Å². The molecule has 3 fully saturated rings. The highest BCUT2D eigenvalue weighted by Crippen LogP contribution is 2.67. The highest BCUT2D eigenvalue weighted by atomic mass is 16.3. The van der Waals surface area contributed by atoms with Crippen molar-refractivity contribution < 1.29 is 15.3 Å². The van der Waals surface area contributed by atoms with Crippen molar-refractivity contribution in [3.63, 3.8) is 0 Å². The molecule has 0 heterocycles. The predicted octanol–water partition coefficient (Wildman–Crippen LogP) is 3.53. The van der Waals surface area contributed by atoms with Crippen LogP contribution in [-0.2, 0) is 0 Å². The van der Waals surface area contributed by atoms with Crippen molar-refractivity contribution in [1.29, 1.82) is 0 Å². The summed E-state index contributed by atoms with van der Waals surface area (Å²) in [6.45, 7) is 7.29. The molecule has 0 amide bonds. The molecule has 3 nitrogen and oxygen atoms in total. The Hall–Kier alpha value is -0.380. The lowest BCUT2D eigenvalue weighted by Gasteiger charge is -2.59. The summed E-state index contributed by atoms with van der Waals surface area (Å²) in [5, 5.41) is 30.8. The average molecular weight is 349 g/mol. The van der Waals surface area contributed by atoms with Crippen LogP contribution in [0.25, 0.3) is 0 Å². The molecule has 3 N–H and O–H groups in total. The molecule has 4 aliphatic rings. The van der Waals surface area contributed by atoms with Crippen molar-refractivity contribution in [2.45, 2.75) is 77.9 Å². The molecule has 0 aromatic rings. The van der Waals surface area contributed by atoms with Gasteiger partial charge in [-0.25, -0.2) is 0 Å². The van der Waals surface area contributed by atoms with Gasteiger partial charge in [0.2, 0.25) is 0 Å². The third-order valence-electron chi connectivity index (χ3n) is 9.23. The van der Waals surface area contributed by atoms with Gasteiger partial charge in [0.05, 0.1) is 12.2 Å². The normalized spacial score (nSPS) is 53.4. The summed E-state index contributed by atoms with van der Waals surface area (Å²) in [7, 11) is 0. The van der Waals surface area contributed by atoms with Crippen LogP contribution in [0.4, 0.5) is 0 Å². The van der Waals surface area contributed by atoms with Gasteiger partial charge in [0.1, 0.15) is 0 Å². The first-order valence-corrected chi connectivity index (χ1v) is 10.5. The van der Waals surface area contributed by atoms with Gasteiger partial charge in [-0.3, -0.25) is 0 Å². The molecule has 3 saturated carbocycles. The molecule has 25 heavy (non-hydrogen) atoms. The van der Waals surface area contributed by atoms with E-state index in [-0.39, 0.29) is 11.5 Å². The fourth-order valence-electron chi connectivity index (χ4n) is 7.80. The second-order valence-corrected chi connectivity index (χ2v) is 10.1. The molecule has 2 unspecified atom stereocenters. The highest BCUT2D eigenvalue weighted by Gasteiger charge is 2.60. The summed E-state index contributed by atoms with van der Waals surface area (Å²) < 4.78 is 0. The van der Waals surface area contributed by atoms with Crippen molar-refractivity contribution in [3.8, 4) is 0 Å². The summed E-state index contributed by atoms with van der Waals surface area (Å²) in [5.41, 5.74) is 1.54. The van der Waals surface area contributed by atoms with Crippen LogP contribution in [0.3, 0.4) is 0 Å². The Morgan fingerprint density at radius 3 is 2.64 bits per heavy atom. The van der Waals surface area contributed by atoms with Crippen LogP contribution < -0.4 is 0 Å². The lowest BCUT2D eigenvalue weighted by atomic mass is 9.46. The van der Waals surface area contributed by atoms with E-state index < -0.39 is 6.10 Å². The molecule has 0 aromatic heterocycles. The summed E-state index contributed by atoms with van der Waals surface area (Å²) in [6.07, 6.45) is 8.95. The fourth-order valence-corrected chi connectivity index (χ4v) is 7.80. The molecule has 9 atom stereocenters. The average Bonchev–Trinajstić information content (AvgIpc) is 2.93. The fraction of sp³-hybridized carbons (Fsp3) is 0.909. The lowest BCUT2D eigenvalue weighted by Crippen LogP contribution is -2.55. The van der Waals surface area contributed by atoms with Crippen LogP contribution in [0.1, 0.15) is 65.7 Å². The van der Waals surface area contributed by atoms with Gasteiger partial charge in [0.25, 0.3) is 0 Å². The van der Waals surface area contributed by atoms with Crippen molar-refractivity contribution >= 4 is 0 Å². The Kier molecular flexibility index (Phi) is 4.37. The van der Waals surface area contributed by atoms with E-state index >= 15 is 0 Å². The topological polar surface area (TPSA) is 60.7 Å². The molecule has 0 bridgehead atoms. The van der Waals surface area contributed by atoms with Crippen molar-refractivity contribution in [2.24, 2.45) is 40.4 Å². The maximum Gasteiger partial charge on any atom is 0.0658 e. The van der Waals surface area contributed by atoms with Gasteiger partial charge in [0, 0.05) is 18.4 Å². The molecule has 4 rings (SSSR count). The van der Waals surface area contributed by atoms with Crippen LogP contribution in [0.5, 0.6) is 0 Å². The van der Waals surface area contributed by atoms with E-state index in [9.17, 15) is 15.3 Å². The summed E-state index contributed by atoms with van der Waals surface area (Å²) in [5.74, 6) is 2.97. The molecular formula is C22H36O3. The maximum atomic E-state index is 10.9. The van der Waals surface area contributed by atoms with Crippen molar-refractivity contribution in [1.82, 2.24) is 0 Å². The predicted molar refractivity (Wildman–Crippen MR) is 98.8 cm³/mol. The molecule has 0 aromatic carbocycles. The summed E-state index contributed by atoms with van der Waals surface area (Å²) in [6, 6.07) is 0. The highest BCUT2D eigenvalue weighted by molar-refractivity contribution is 5.27. The van der Waals surface area contributed by atoms with Crippen molar-refractivity contribution in [2.75, 3.05) is 6.61 Å². The van der Waals surface area contributed by atoms with E-state index in [0.29, 0.717) is 42.1 Å². The third-order valence-corrected chi connectivity index (χ3v) is 9.23. The van der Waals surface area contributed by atoms with Gasteiger partial charge >= 0.3 is 0 Å². The van der Waals surface area contributed by atoms with E-state index in [0.717, 1.165) is 18.8 Å². The number of fused-ring (bicyclic) bond motifs is 5. The second kappa shape index (κ2) is 6.07. The van der Waals surface area contributed by atoms with Gasteiger partial charge < -0.3 is 15.3 Å². The van der Waals surface area contributed by atoms with Gasteiger partial charge in [-0.05, 0) is 73.5 Å². The number of aliphatic hydroxyl groups excluding tert-OH is 3. The van der Waals surface area contributed by atoms with Crippen LogP contribution in [-0.4, -0.2) is 34.1 Å². The zero-order valence-corrected chi connectivity index (χ0v) is 16.1. The minimum atomic E-state index is -0.409. The molecular weight excluding hydrogens is 312 g/mol. The quantitative estimate of drug-likeness (QED) is 0.669. The first kappa shape index (κ1) is 18.0. The standard InChI is InChI=1S/C22H36O3/c1-13(12-23)17-6-7-18-16-5-4-14-10-15(24)11-20(25)22(14,3)19(16)8-9-21(17,18)2/h4,13,15-20,23-25H,5-12H2,1-3H3/t13-,15?,16+,17-,18+,19+,20?,21-,22+/m1/s1. The Labute approximate surface area is 152 Å². The molecule has 0 radical (unpaired) electrons. The molecule has 0 aliphatic heterocycles. The maximum absolute atomic E-state index is 10.9. The molecule has 3 heteroatoms. The van der Waals surface area contributed by atoms with Crippen LogP contribution in [0, 0.1) is 40.4 Å². The monoisotopic (exact) mass is 348 g/mol. The van der Waals surface area contributed by atoms with Crippen LogP contribution in [0.2, 0.25) is 0 Å². The number of hydrogen-bond donors (Lipinski definition) is 3. The molecule has 0 saturated heterocycles. The van der Waals surface area contributed by atoms with E-state index in [1.807, 2.05) is 0 Å². The van der Waals surface area contributed by atoms with E-state index in [1.165, 1.54) is 31.3 Å². The van der Waals surface area contributed by atoms with Crippen LogP contribution in [0.15, 0.2) is 11.6 Å². The number of rotatable bonds is 2. The molecule has 0 spiro atoms. The first-order chi connectivity index (χ1) is 11.8. The Morgan fingerprint density at radius 2 is 1.92 bits per heavy atom. The van der Waals surface area contributed by atoms with Gasteiger partial charge in [-0.2, -0.15) is 0 Å². The SMILES string of the molecule is C[C@H](CO)[C@H]1CC[C@H]2[C@@H]3CC=C4CC(O)CC(O)[C@]4(C)[C@H]3CC[C@]12C. The zero-order chi connectivity index (χ0) is 18.0. The minimum absolute atomic E-state index is 0.135. The minimum Gasteiger partial charge on any atom is -0.396 e. The Bertz CT molecular complexity index is 557. The Morgan fingerprint density at radius 1 is 1.16 bits per heavy atom. The smallest absolute Gasteiger partial charge is 0.0658 e. The molecule has 142 valence electrons. The third kappa shape index (κ3) is 2.41. The number of aliphatic hydroxyl groups is 3. The van der Waals surface area contributed by atoms with Crippen LogP contribution >= 0.6 is 0 Å². The summed E-state index contributed by atoms with van der Waals surface area (Å²) >= 11 is 0. The number of hydrogen-bond acceptors (Lipinski definition) is 3. The largest absolute Gasteiger partial charge is 0.396 e. The number of allylic oxidation sites excluding steroid dienone is 1. The molecule has 4 aliphatic carbocycles.